The molecular weight excluding hydrogens is 416 g/mol. The van der Waals surface area contributed by atoms with Crippen LogP contribution in [0.5, 0.6) is 0 Å². The molecule has 2 fully saturated rings. The van der Waals surface area contributed by atoms with Crippen molar-refractivity contribution in [1.29, 1.82) is 0 Å². The first-order chi connectivity index (χ1) is 13.7. The van der Waals surface area contributed by atoms with Gasteiger partial charge in [0.2, 0.25) is 0 Å². The van der Waals surface area contributed by atoms with Gasteiger partial charge in [0.25, 0.3) is 0 Å². The molecule has 0 aromatic rings. The van der Waals surface area contributed by atoms with Crippen molar-refractivity contribution in [2.45, 2.75) is 124 Å². The normalized spacial score (nSPS) is 38.8. The summed E-state index contributed by atoms with van der Waals surface area (Å²) in [6.45, 7) is 27.6. The van der Waals surface area contributed by atoms with Gasteiger partial charge in [-0.2, -0.15) is 0 Å². The Kier molecular flexibility index (Phi) is 6.77. The molecule has 31 heavy (non-hydrogen) atoms. The number of rotatable bonds is 5. The van der Waals surface area contributed by atoms with E-state index < -0.39 is 27.7 Å². The van der Waals surface area contributed by atoms with Gasteiger partial charge >= 0.3 is 0 Å². The Morgan fingerprint density at radius 3 is 1.97 bits per heavy atom. The lowest BCUT2D eigenvalue weighted by Crippen LogP contribution is -2.75. The largest absolute Gasteiger partial charge is 0.413 e. The van der Waals surface area contributed by atoms with Gasteiger partial charge in [0.1, 0.15) is 6.29 Å². The van der Waals surface area contributed by atoms with E-state index in [1.807, 2.05) is 0 Å². The van der Waals surface area contributed by atoms with Crippen molar-refractivity contribution >= 4 is 22.9 Å². The molecule has 0 aliphatic heterocycles. The van der Waals surface area contributed by atoms with Crippen LogP contribution in [0.4, 0.5) is 0 Å². The van der Waals surface area contributed by atoms with Gasteiger partial charge in [-0.15, -0.1) is 6.42 Å². The van der Waals surface area contributed by atoms with Crippen LogP contribution in [-0.4, -0.2) is 34.6 Å². The van der Waals surface area contributed by atoms with E-state index in [0.29, 0.717) is 0 Å². The number of hydrogen-bond acceptors (Lipinski definition) is 3. The highest BCUT2D eigenvalue weighted by atomic mass is 28.4. The van der Waals surface area contributed by atoms with Crippen molar-refractivity contribution in [2.75, 3.05) is 0 Å². The Balaban J connectivity index is 2.69. The van der Waals surface area contributed by atoms with Crippen LogP contribution in [0.25, 0.3) is 0 Å². The zero-order valence-corrected chi connectivity index (χ0v) is 24.4. The van der Waals surface area contributed by atoms with Crippen LogP contribution in [0, 0.1) is 34.5 Å². The minimum Gasteiger partial charge on any atom is -0.413 e. The first-order valence-electron chi connectivity index (χ1n) is 12.1. The minimum absolute atomic E-state index is 0.118. The van der Waals surface area contributed by atoms with E-state index in [9.17, 15) is 4.79 Å². The summed E-state index contributed by atoms with van der Waals surface area (Å²) in [5.74, 6) is 3.00. The van der Waals surface area contributed by atoms with Gasteiger partial charge in [0.05, 0.1) is 11.7 Å². The van der Waals surface area contributed by atoms with Crippen LogP contribution in [0.15, 0.2) is 0 Å². The predicted molar refractivity (Wildman–Crippen MR) is 136 cm³/mol. The van der Waals surface area contributed by atoms with E-state index in [4.69, 9.17) is 15.3 Å². The van der Waals surface area contributed by atoms with E-state index in [2.05, 4.69) is 87.1 Å². The van der Waals surface area contributed by atoms with Gasteiger partial charge in [-0.25, -0.2) is 0 Å². The van der Waals surface area contributed by atoms with Crippen molar-refractivity contribution in [3.63, 3.8) is 0 Å². The summed E-state index contributed by atoms with van der Waals surface area (Å²) in [5.41, 5.74) is -1.47. The van der Waals surface area contributed by atoms with Crippen LogP contribution in [0.1, 0.15) is 74.1 Å². The zero-order valence-electron chi connectivity index (χ0n) is 22.4. The Bertz CT molecular complexity index is 739. The third-order valence-corrected chi connectivity index (χ3v) is 15.0. The summed E-state index contributed by atoms with van der Waals surface area (Å²) in [7, 11) is -3.89. The molecule has 0 saturated heterocycles. The highest BCUT2D eigenvalue weighted by Gasteiger charge is 2.72. The third kappa shape index (κ3) is 3.94. The predicted octanol–water partition coefficient (Wildman–Crippen LogP) is 7.04. The van der Waals surface area contributed by atoms with Crippen LogP contribution in [-0.2, 0) is 13.6 Å². The number of carbonyl (C=O) groups is 1. The smallest absolute Gasteiger partial charge is 0.192 e. The van der Waals surface area contributed by atoms with Crippen LogP contribution in [0.3, 0.4) is 0 Å². The van der Waals surface area contributed by atoms with E-state index in [1.165, 1.54) is 0 Å². The molecule has 0 amide bonds. The number of fused-ring (bicyclic) bond motifs is 1. The number of terminal acetylenes is 1. The molecule has 0 radical (unpaired) electrons. The lowest BCUT2D eigenvalue weighted by molar-refractivity contribution is -0.262. The molecule has 178 valence electrons. The van der Waals surface area contributed by atoms with Crippen molar-refractivity contribution in [2.24, 2.45) is 22.2 Å². The first kappa shape index (κ1) is 26.8. The van der Waals surface area contributed by atoms with Gasteiger partial charge in [0, 0.05) is 22.2 Å². The van der Waals surface area contributed by atoms with Crippen LogP contribution >= 0.6 is 0 Å². The molecule has 0 spiro atoms. The summed E-state index contributed by atoms with van der Waals surface area (Å²) in [5, 5.41) is 0.152. The maximum atomic E-state index is 12.1. The molecule has 2 rings (SSSR count). The first-order valence-corrected chi connectivity index (χ1v) is 18.4. The summed E-state index contributed by atoms with van der Waals surface area (Å²) in [6.07, 6.45) is 11.0. The fraction of sp³-hybridized carbons (Fsp3) is 0.885. The van der Waals surface area contributed by atoms with Crippen LogP contribution in [0.2, 0.25) is 37.8 Å². The molecule has 5 atom stereocenters. The molecule has 3 nitrogen and oxygen atoms in total. The van der Waals surface area contributed by atoms with Crippen molar-refractivity contribution in [3.05, 3.63) is 0 Å². The second-order valence-electron chi connectivity index (χ2n) is 13.6. The summed E-state index contributed by atoms with van der Waals surface area (Å²) in [4.78, 5) is 12.1. The molecule has 0 aromatic carbocycles. The molecule has 0 N–H and O–H groups in total. The molecule has 0 aromatic heterocycles. The lowest BCUT2D eigenvalue weighted by atomic mass is 9.39. The fourth-order valence-electron chi connectivity index (χ4n) is 6.31. The highest BCUT2D eigenvalue weighted by molar-refractivity contribution is 6.74. The molecule has 0 unspecified atom stereocenters. The number of hydrogen-bond donors (Lipinski definition) is 0. The second-order valence-corrected chi connectivity index (χ2v) is 22.8. The number of aldehydes is 1. The molecular formula is C26H48O3Si2. The molecule has 2 saturated carbocycles. The van der Waals surface area contributed by atoms with Crippen molar-refractivity contribution in [3.8, 4) is 12.3 Å². The maximum absolute atomic E-state index is 12.1. The molecule has 5 heteroatoms. The van der Waals surface area contributed by atoms with E-state index in [-0.39, 0.29) is 27.9 Å². The summed E-state index contributed by atoms with van der Waals surface area (Å²) in [6, 6.07) is 0. The Morgan fingerprint density at radius 2 is 1.55 bits per heavy atom. The fourth-order valence-corrected chi connectivity index (χ4v) is 9.43. The Hall–Kier alpha value is -0.416. The SMILES string of the molecule is C#C[C@@]1(C)[C@@H](C=O)CC[C@@]2(O[Si](C)(C)C)C(C)(C)[C@@H](O[Si](C)(C)C(C)(C)C)CC[C@]12C. The van der Waals surface area contributed by atoms with E-state index in [1.54, 1.807) is 0 Å². The molecule has 0 bridgehead atoms. The van der Waals surface area contributed by atoms with Gasteiger partial charge in [-0.05, 0) is 70.4 Å². The molecule has 2 aliphatic carbocycles. The summed E-state index contributed by atoms with van der Waals surface area (Å²) >= 11 is 0. The summed E-state index contributed by atoms with van der Waals surface area (Å²) < 4.78 is 14.4. The standard InChI is InChI=1S/C26H48O3Si2/c1-14-24(7)20(19-27)15-18-26(29-30(9,10)11)23(5,6)21(16-17-25(24,26)8)28-31(12,13)22(2,3)4/h1,19-21H,15-18H2,2-13H3/t20-,21+,24+,25-,26-/m1/s1. The topological polar surface area (TPSA) is 35.5 Å². The van der Waals surface area contributed by atoms with Crippen LogP contribution < -0.4 is 0 Å². The van der Waals surface area contributed by atoms with Gasteiger partial charge in [0.15, 0.2) is 16.6 Å². The second kappa shape index (κ2) is 7.82. The van der Waals surface area contributed by atoms with E-state index in [0.717, 1.165) is 32.0 Å². The van der Waals surface area contributed by atoms with Crippen molar-refractivity contribution < 1.29 is 13.6 Å². The van der Waals surface area contributed by atoms with E-state index >= 15 is 0 Å². The maximum Gasteiger partial charge on any atom is 0.192 e. The van der Waals surface area contributed by atoms with Crippen molar-refractivity contribution in [1.82, 2.24) is 0 Å². The molecule has 2 aliphatic rings. The average molecular weight is 465 g/mol. The Morgan fingerprint density at radius 1 is 1.00 bits per heavy atom. The average Bonchev–Trinajstić information content (AvgIpc) is 2.59. The van der Waals surface area contributed by atoms with Gasteiger partial charge < -0.3 is 13.6 Å². The lowest BCUT2D eigenvalue weighted by Gasteiger charge is -2.71. The quantitative estimate of drug-likeness (QED) is 0.248. The monoisotopic (exact) mass is 464 g/mol. The number of carbonyl (C=O) groups excluding carboxylic acids is 1. The van der Waals surface area contributed by atoms with Gasteiger partial charge in [-0.1, -0.05) is 47.5 Å². The minimum atomic E-state index is -1.96. The highest BCUT2D eigenvalue weighted by Crippen LogP contribution is 2.70. The zero-order chi connectivity index (χ0) is 24.3. The molecule has 0 heterocycles. The third-order valence-electron chi connectivity index (χ3n) is 9.53. The Labute approximate surface area is 194 Å². The van der Waals surface area contributed by atoms with Gasteiger partial charge in [-0.3, -0.25) is 0 Å².